The summed E-state index contributed by atoms with van der Waals surface area (Å²) in [5.74, 6) is -0.390. The summed E-state index contributed by atoms with van der Waals surface area (Å²) in [5.41, 5.74) is 2.91. The van der Waals surface area contributed by atoms with E-state index < -0.39 is 0 Å². The lowest BCUT2D eigenvalue weighted by atomic mass is 10.1. The Morgan fingerprint density at radius 1 is 1.14 bits per heavy atom. The smallest absolute Gasteiger partial charge is 0.164 e. The minimum atomic E-state index is -0.367. The highest BCUT2D eigenvalue weighted by Crippen LogP contribution is 2.09. The number of carbonyl (C=O) groups excluding carboxylic acids is 1. The van der Waals surface area contributed by atoms with Crippen LogP contribution in [-0.2, 0) is 6.54 Å². The first-order valence-electron chi connectivity index (χ1n) is 7.07. The summed E-state index contributed by atoms with van der Waals surface area (Å²) in [7, 11) is 1.98. The van der Waals surface area contributed by atoms with Crippen molar-refractivity contribution in [2.75, 3.05) is 13.6 Å². The molecule has 0 saturated heterocycles. The fourth-order valence-electron chi connectivity index (χ4n) is 2.18. The predicted octanol–water partition coefficient (Wildman–Crippen LogP) is 3.84. The summed E-state index contributed by atoms with van der Waals surface area (Å²) in [6.45, 7) is 3.52. The molecule has 2 aromatic rings. The number of rotatable bonds is 6. The van der Waals surface area contributed by atoms with E-state index in [1.165, 1.54) is 23.3 Å². The minimum absolute atomic E-state index is 0.0229. The summed E-state index contributed by atoms with van der Waals surface area (Å²) in [6, 6.07) is 14.2. The third-order valence-corrected chi connectivity index (χ3v) is 3.44. The Labute approximate surface area is 125 Å². The first-order valence-corrected chi connectivity index (χ1v) is 7.07. The van der Waals surface area contributed by atoms with Crippen molar-refractivity contribution < 1.29 is 9.18 Å². The Kier molecular flexibility index (Phi) is 5.23. The van der Waals surface area contributed by atoms with Gasteiger partial charge < -0.3 is 4.90 Å². The van der Waals surface area contributed by atoms with Crippen LogP contribution < -0.4 is 0 Å². The zero-order chi connectivity index (χ0) is 15.2. The van der Waals surface area contributed by atoms with E-state index in [1.54, 1.807) is 12.1 Å². The highest BCUT2D eigenvalue weighted by Gasteiger charge is 2.08. The van der Waals surface area contributed by atoms with Gasteiger partial charge in [0, 0.05) is 25.1 Å². The molecule has 0 N–H and O–H groups in total. The molecular weight excluding hydrogens is 265 g/mol. The molecule has 0 radical (unpaired) electrons. The Hall–Kier alpha value is -2.00. The van der Waals surface area contributed by atoms with Gasteiger partial charge in [-0.15, -0.1) is 0 Å². The fraction of sp³-hybridized carbons (Fsp3) is 0.278. The van der Waals surface area contributed by atoms with E-state index in [9.17, 15) is 9.18 Å². The molecule has 0 aliphatic carbocycles. The molecule has 0 fully saturated rings. The van der Waals surface area contributed by atoms with Crippen LogP contribution in [0.4, 0.5) is 4.39 Å². The van der Waals surface area contributed by atoms with Crippen molar-refractivity contribution in [3.63, 3.8) is 0 Å². The number of halogens is 1. The van der Waals surface area contributed by atoms with Crippen molar-refractivity contribution in [1.29, 1.82) is 0 Å². The number of carbonyl (C=O) groups is 1. The Bertz CT molecular complexity index is 607. The maximum atomic E-state index is 13.1. The molecule has 0 atom stereocenters. The topological polar surface area (TPSA) is 20.3 Å². The van der Waals surface area contributed by atoms with Gasteiger partial charge in [0.2, 0.25) is 0 Å². The van der Waals surface area contributed by atoms with Gasteiger partial charge in [0.15, 0.2) is 5.78 Å². The molecule has 2 aromatic carbocycles. The van der Waals surface area contributed by atoms with Crippen molar-refractivity contribution in [3.8, 4) is 0 Å². The monoisotopic (exact) mass is 285 g/mol. The normalized spacial score (nSPS) is 10.9. The first kappa shape index (κ1) is 15.4. The summed E-state index contributed by atoms with van der Waals surface area (Å²) in [5, 5.41) is 0. The van der Waals surface area contributed by atoms with E-state index in [1.807, 2.05) is 7.05 Å². The number of ketones is 1. The SMILES string of the molecule is Cc1ccc(CN(C)CCC(=O)c2cccc(F)c2)cc1. The lowest BCUT2D eigenvalue weighted by Gasteiger charge is -2.16. The molecule has 2 nitrogen and oxygen atoms in total. The van der Waals surface area contributed by atoms with Gasteiger partial charge in [0.05, 0.1) is 0 Å². The summed E-state index contributed by atoms with van der Waals surface area (Å²) in [6.07, 6.45) is 0.395. The average Bonchev–Trinajstić information content (AvgIpc) is 2.47. The second kappa shape index (κ2) is 7.14. The van der Waals surface area contributed by atoms with Crippen LogP contribution in [0.3, 0.4) is 0 Å². The van der Waals surface area contributed by atoms with Gasteiger partial charge in [-0.2, -0.15) is 0 Å². The van der Waals surface area contributed by atoms with E-state index in [-0.39, 0.29) is 11.6 Å². The Balaban J connectivity index is 1.84. The molecule has 0 aliphatic heterocycles. The van der Waals surface area contributed by atoms with Crippen molar-refractivity contribution in [3.05, 3.63) is 71.0 Å². The molecule has 0 bridgehead atoms. The van der Waals surface area contributed by atoms with E-state index in [0.717, 1.165) is 6.54 Å². The van der Waals surface area contributed by atoms with Crippen molar-refractivity contribution in [1.82, 2.24) is 4.90 Å². The van der Waals surface area contributed by atoms with Crippen LogP contribution in [0.25, 0.3) is 0 Å². The number of benzene rings is 2. The Morgan fingerprint density at radius 2 is 1.86 bits per heavy atom. The van der Waals surface area contributed by atoms with Gasteiger partial charge in [-0.1, -0.05) is 42.0 Å². The van der Waals surface area contributed by atoms with E-state index in [2.05, 4.69) is 36.1 Å². The zero-order valence-electron chi connectivity index (χ0n) is 12.5. The first-order chi connectivity index (χ1) is 10.0. The van der Waals surface area contributed by atoms with Gasteiger partial charge in [0.1, 0.15) is 5.82 Å². The highest BCUT2D eigenvalue weighted by atomic mass is 19.1. The maximum Gasteiger partial charge on any atom is 0.164 e. The number of hydrogen-bond donors (Lipinski definition) is 0. The zero-order valence-corrected chi connectivity index (χ0v) is 12.5. The molecule has 0 unspecified atom stereocenters. The van der Waals surface area contributed by atoms with E-state index >= 15 is 0 Å². The summed E-state index contributed by atoms with van der Waals surface area (Å²) in [4.78, 5) is 14.1. The van der Waals surface area contributed by atoms with Gasteiger partial charge in [-0.25, -0.2) is 4.39 Å². The molecule has 0 aliphatic rings. The largest absolute Gasteiger partial charge is 0.302 e. The standard InChI is InChI=1S/C18H20FNO/c1-14-6-8-15(9-7-14)13-20(2)11-10-18(21)16-4-3-5-17(19)12-16/h3-9,12H,10-11,13H2,1-2H3. The lowest BCUT2D eigenvalue weighted by molar-refractivity contribution is 0.0967. The predicted molar refractivity (Wildman–Crippen MR) is 82.9 cm³/mol. The fourth-order valence-corrected chi connectivity index (χ4v) is 2.18. The van der Waals surface area contributed by atoms with Crippen LogP contribution in [0.5, 0.6) is 0 Å². The van der Waals surface area contributed by atoms with Crippen LogP contribution in [-0.4, -0.2) is 24.3 Å². The molecule has 110 valence electrons. The maximum absolute atomic E-state index is 13.1. The van der Waals surface area contributed by atoms with Gasteiger partial charge in [0.25, 0.3) is 0 Å². The van der Waals surface area contributed by atoms with Crippen LogP contribution in [0.15, 0.2) is 48.5 Å². The molecule has 0 heterocycles. The van der Waals surface area contributed by atoms with Gasteiger partial charge >= 0.3 is 0 Å². The second-order valence-electron chi connectivity index (χ2n) is 5.41. The molecule has 0 amide bonds. The third kappa shape index (κ3) is 4.80. The van der Waals surface area contributed by atoms with Gasteiger partial charge in [-0.05, 0) is 31.7 Å². The average molecular weight is 285 g/mol. The highest BCUT2D eigenvalue weighted by molar-refractivity contribution is 5.96. The summed E-state index contributed by atoms with van der Waals surface area (Å²) >= 11 is 0. The number of nitrogens with zero attached hydrogens (tertiary/aromatic N) is 1. The van der Waals surface area contributed by atoms with Crippen molar-refractivity contribution >= 4 is 5.78 Å². The molecule has 0 aromatic heterocycles. The minimum Gasteiger partial charge on any atom is -0.302 e. The molecule has 0 spiro atoms. The van der Waals surface area contributed by atoms with Crippen LogP contribution in [0, 0.1) is 12.7 Å². The third-order valence-electron chi connectivity index (χ3n) is 3.44. The second-order valence-corrected chi connectivity index (χ2v) is 5.41. The summed E-state index contributed by atoms with van der Waals surface area (Å²) < 4.78 is 13.1. The molecule has 2 rings (SSSR count). The van der Waals surface area contributed by atoms with Crippen molar-refractivity contribution in [2.24, 2.45) is 0 Å². The van der Waals surface area contributed by atoms with Crippen molar-refractivity contribution in [2.45, 2.75) is 19.9 Å². The van der Waals surface area contributed by atoms with Gasteiger partial charge in [-0.3, -0.25) is 4.79 Å². The van der Waals surface area contributed by atoms with E-state index in [0.29, 0.717) is 18.5 Å². The molecule has 21 heavy (non-hydrogen) atoms. The van der Waals surface area contributed by atoms with Crippen LogP contribution in [0.2, 0.25) is 0 Å². The van der Waals surface area contributed by atoms with Crippen LogP contribution in [0.1, 0.15) is 27.9 Å². The molecular formula is C18H20FNO. The number of Topliss-reactive ketones (excluding diaryl/α,β-unsaturated/α-hetero) is 1. The quantitative estimate of drug-likeness (QED) is 0.752. The number of aryl methyl sites for hydroxylation is 1. The number of hydrogen-bond acceptors (Lipinski definition) is 2. The molecule has 0 saturated carbocycles. The Morgan fingerprint density at radius 3 is 2.52 bits per heavy atom. The molecule has 3 heteroatoms. The van der Waals surface area contributed by atoms with Crippen LogP contribution >= 0.6 is 0 Å². The lowest BCUT2D eigenvalue weighted by Crippen LogP contribution is -2.21. The van der Waals surface area contributed by atoms with E-state index in [4.69, 9.17) is 0 Å².